The molecule has 0 unspecified atom stereocenters. The Kier molecular flexibility index (Phi) is 4.48. The van der Waals surface area contributed by atoms with Crippen molar-refractivity contribution in [2.75, 3.05) is 5.43 Å². The van der Waals surface area contributed by atoms with Crippen LogP contribution >= 0.6 is 34.8 Å². The number of hydrogen-bond acceptors (Lipinski definition) is 3. The van der Waals surface area contributed by atoms with Gasteiger partial charge in [0.2, 0.25) is 0 Å². The van der Waals surface area contributed by atoms with E-state index < -0.39 is 0 Å². The van der Waals surface area contributed by atoms with E-state index in [2.05, 4.69) is 15.5 Å². The molecule has 3 nitrogen and oxygen atoms in total. The lowest BCUT2D eigenvalue weighted by atomic mass is 10.2. The van der Waals surface area contributed by atoms with Crippen LogP contribution in [0.4, 0.5) is 5.69 Å². The highest BCUT2D eigenvalue weighted by Crippen LogP contribution is 2.25. The predicted octanol–water partition coefficient (Wildman–Crippen LogP) is 5.64. The molecule has 3 aromatic rings. The molecule has 0 aliphatic rings. The van der Waals surface area contributed by atoms with Crippen LogP contribution in [-0.4, -0.2) is 11.2 Å². The first-order valence-corrected chi connectivity index (χ1v) is 7.56. The molecule has 0 saturated carbocycles. The molecule has 1 N–H and O–H groups in total. The molecule has 0 bridgehead atoms. The molecule has 22 heavy (non-hydrogen) atoms. The average molecular weight is 351 g/mol. The topological polar surface area (TPSA) is 37.3 Å². The lowest BCUT2D eigenvalue weighted by Crippen LogP contribution is -1.94. The summed E-state index contributed by atoms with van der Waals surface area (Å²) in [5.74, 6) is 0. The Balaban J connectivity index is 1.90. The number of nitrogens with one attached hydrogen (secondary N) is 1. The van der Waals surface area contributed by atoms with Crippen LogP contribution in [0.25, 0.3) is 10.9 Å². The third-order valence-electron chi connectivity index (χ3n) is 3.08. The van der Waals surface area contributed by atoms with Crippen molar-refractivity contribution in [3.05, 3.63) is 69.3 Å². The summed E-state index contributed by atoms with van der Waals surface area (Å²) in [6, 6.07) is 12.7. The molecular formula is C16H10Cl3N3. The van der Waals surface area contributed by atoms with E-state index in [1.165, 1.54) is 0 Å². The largest absolute Gasteiger partial charge is 0.278 e. The fraction of sp³-hybridized carbons (Fsp3) is 0. The highest BCUT2D eigenvalue weighted by atomic mass is 35.5. The molecule has 0 fully saturated rings. The van der Waals surface area contributed by atoms with Gasteiger partial charge in [-0.15, -0.1) is 0 Å². The van der Waals surface area contributed by atoms with Crippen LogP contribution in [0.5, 0.6) is 0 Å². The van der Waals surface area contributed by atoms with Gasteiger partial charge in [-0.25, -0.2) is 0 Å². The van der Waals surface area contributed by atoms with Gasteiger partial charge in [0.25, 0.3) is 0 Å². The van der Waals surface area contributed by atoms with Crippen molar-refractivity contribution in [3.8, 4) is 0 Å². The van der Waals surface area contributed by atoms with Crippen LogP contribution in [-0.2, 0) is 0 Å². The van der Waals surface area contributed by atoms with E-state index >= 15 is 0 Å². The van der Waals surface area contributed by atoms with E-state index in [0.717, 1.165) is 16.6 Å². The molecule has 0 radical (unpaired) electrons. The lowest BCUT2D eigenvalue weighted by molar-refractivity contribution is 1.33. The van der Waals surface area contributed by atoms with Crippen LogP contribution in [0.3, 0.4) is 0 Å². The Morgan fingerprint density at radius 1 is 1.00 bits per heavy atom. The zero-order valence-electron chi connectivity index (χ0n) is 11.2. The minimum atomic E-state index is 0.546. The van der Waals surface area contributed by atoms with Crippen LogP contribution in [0.2, 0.25) is 15.1 Å². The van der Waals surface area contributed by atoms with E-state index in [1.54, 1.807) is 36.7 Å². The molecular weight excluding hydrogens is 341 g/mol. The maximum atomic E-state index is 6.10. The van der Waals surface area contributed by atoms with Crippen molar-refractivity contribution < 1.29 is 0 Å². The second-order valence-electron chi connectivity index (χ2n) is 4.53. The summed E-state index contributed by atoms with van der Waals surface area (Å²) in [6.45, 7) is 0. The number of nitrogens with zero attached hydrogens (tertiary/aromatic N) is 2. The number of benzene rings is 2. The zero-order chi connectivity index (χ0) is 15.5. The quantitative estimate of drug-likeness (QED) is 0.490. The van der Waals surface area contributed by atoms with Crippen LogP contribution in [0.1, 0.15) is 5.56 Å². The number of anilines is 1. The Hall–Kier alpha value is -1.81. The Bertz CT molecular complexity index is 842. The first-order valence-electron chi connectivity index (χ1n) is 6.42. The number of fused-ring (bicyclic) bond motifs is 1. The summed E-state index contributed by atoms with van der Waals surface area (Å²) in [5, 5.41) is 6.86. The number of halogens is 3. The predicted molar refractivity (Wildman–Crippen MR) is 94.4 cm³/mol. The standard InChI is InChI=1S/C16H10Cl3N3/c17-10-4-5-11-15(6-7-20-16(11)8-10)22-21-9-12-13(18)2-1-3-14(12)19/h1-9H,(H,20,22)/b21-9+. The van der Waals surface area contributed by atoms with Gasteiger partial charge in [0.05, 0.1) is 27.5 Å². The lowest BCUT2D eigenvalue weighted by Gasteiger charge is -2.06. The van der Waals surface area contributed by atoms with Gasteiger partial charge in [0, 0.05) is 22.2 Å². The van der Waals surface area contributed by atoms with Gasteiger partial charge in [0.15, 0.2) is 0 Å². The van der Waals surface area contributed by atoms with Crippen molar-refractivity contribution in [1.29, 1.82) is 0 Å². The van der Waals surface area contributed by atoms with Gasteiger partial charge in [-0.05, 0) is 36.4 Å². The molecule has 1 heterocycles. The Morgan fingerprint density at radius 2 is 1.77 bits per heavy atom. The number of aromatic nitrogens is 1. The SMILES string of the molecule is Clc1ccc2c(N/N=C/c3c(Cl)cccc3Cl)ccnc2c1. The molecule has 0 aliphatic heterocycles. The fourth-order valence-corrected chi connectivity index (χ4v) is 2.68. The second kappa shape index (κ2) is 6.53. The van der Waals surface area contributed by atoms with Crippen LogP contribution in [0, 0.1) is 0 Å². The molecule has 1 aromatic heterocycles. The second-order valence-corrected chi connectivity index (χ2v) is 5.78. The third kappa shape index (κ3) is 3.17. The summed E-state index contributed by atoms with van der Waals surface area (Å²) in [6.07, 6.45) is 3.28. The summed E-state index contributed by atoms with van der Waals surface area (Å²) in [5.41, 5.74) is 5.26. The van der Waals surface area contributed by atoms with Crippen molar-refractivity contribution in [2.24, 2.45) is 5.10 Å². The zero-order valence-corrected chi connectivity index (χ0v) is 13.5. The molecule has 0 saturated heterocycles. The van der Waals surface area contributed by atoms with E-state index in [0.29, 0.717) is 20.6 Å². The number of hydrazone groups is 1. The van der Waals surface area contributed by atoms with E-state index in [4.69, 9.17) is 34.8 Å². The molecule has 0 atom stereocenters. The molecule has 110 valence electrons. The van der Waals surface area contributed by atoms with Gasteiger partial charge in [-0.1, -0.05) is 40.9 Å². The normalized spacial score (nSPS) is 11.2. The minimum absolute atomic E-state index is 0.546. The maximum absolute atomic E-state index is 6.10. The molecule has 3 rings (SSSR count). The minimum Gasteiger partial charge on any atom is -0.278 e. The summed E-state index contributed by atoms with van der Waals surface area (Å²) in [7, 11) is 0. The highest BCUT2D eigenvalue weighted by molar-refractivity contribution is 6.38. The smallest absolute Gasteiger partial charge is 0.0738 e. The van der Waals surface area contributed by atoms with Gasteiger partial charge in [-0.3, -0.25) is 10.4 Å². The van der Waals surface area contributed by atoms with Crippen molar-refractivity contribution in [2.45, 2.75) is 0 Å². The third-order valence-corrected chi connectivity index (χ3v) is 3.98. The molecule has 0 amide bonds. The van der Waals surface area contributed by atoms with E-state index in [-0.39, 0.29) is 0 Å². The first-order chi connectivity index (χ1) is 10.6. The maximum Gasteiger partial charge on any atom is 0.0738 e. The summed E-state index contributed by atoms with van der Waals surface area (Å²) in [4.78, 5) is 4.28. The van der Waals surface area contributed by atoms with Crippen molar-refractivity contribution in [3.63, 3.8) is 0 Å². The van der Waals surface area contributed by atoms with Crippen molar-refractivity contribution >= 4 is 57.6 Å². The highest BCUT2D eigenvalue weighted by Gasteiger charge is 2.03. The summed E-state index contributed by atoms with van der Waals surface area (Å²) >= 11 is 18.2. The molecule has 6 heteroatoms. The number of rotatable bonds is 3. The fourth-order valence-electron chi connectivity index (χ4n) is 2.02. The van der Waals surface area contributed by atoms with Crippen molar-refractivity contribution in [1.82, 2.24) is 4.98 Å². The van der Waals surface area contributed by atoms with Gasteiger partial charge in [-0.2, -0.15) is 5.10 Å². The number of pyridine rings is 1. The molecule has 0 aliphatic carbocycles. The van der Waals surface area contributed by atoms with Crippen LogP contribution < -0.4 is 5.43 Å². The van der Waals surface area contributed by atoms with Gasteiger partial charge >= 0.3 is 0 Å². The van der Waals surface area contributed by atoms with E-state index in [9.17, 15) is 0 Å². The number of hydrogen-bond donors (Lipinski definition) is 1. The van der Waals surface area contributed by atoms with Gasteiger partial charge in [0.1, 0.15) is 0 Å². The van der Waals surface area contributed by atoms with E-state index in [1.807, 2.05) is 18.2 Å². The molecule has 2 aromatic carbocycles. The first kappa shape index (κ1) is 15.1. The Morgan fingerprint density at radius 3 is 2.55 bits per heavy atom. The van der Waals surface area contributed by atoms with Crippen LogP contribution in [0.15, 0.2) is 53.8 Å². The average Bonchev–Trinajstić information content (AvgIpc) is 2.50. The van der Waals surface area contributed by atoms with Gasteiger partial charge < -0.3 is 0 Å². The monoisotopic (exact) mass is 349 g/mol. The summed E-state index contributed by atoms with van der Waals surface area (Å²) < 4.78 is 0. The molecule has 0 spiro atoms. The Labute approximate surface area is 142 Å².